The molecule has 0 aromatic carbocycles. The van der Waals surface area contributed by atoms with Crippen LogP contribution in [0.1, 0.15) is 40.0 Å². The summed E-state index contributed by atoms with van der Waals surface area (Å²) in [5.41, 5.74) is -6.53. The molecule has 4 aliphatic rings. The molecule has 7 heteroatoms. The number of carbonyl (C=O) groups excluding carboxylic acids is 2. The van der Waals surface area contributed by atoms with Crippen LogP contribution in [0.4, 0.5) is 8.78 Å². The van der Waals surface area contributed by atoms with Gasteiger partial charge in [-0.3, -0.25) is 9.59 Å². The first-order valence-electron chi connectivity index (χ1n) is 9.76. The summed E-state index contributed by atoms with van der Waals surface area (Å²) in [6.07, 6.45) is 0.703. The lowest BCUT2D eigenvalue weighted by Gasteiger charge is -2.62. The van der Waals surface area contributed by atoms with E-state index in [1.165, 1.54) is 19.1 Å². The maximum Gasteiger partial charge on any atom is 0.218 e. The predicted octanol–water partition coefficient (Wildman–Crippen LogP) is 2.74. The molecule has 5 unspecified atom stereocenters. The quantitative estimate of drug-likeness (QED) is 0.579. The summed E-state index contributed by atoms with van der Waals surface area (Å²) in [5.74, 6) is -2.29. The van der Waals surface area contributed by atoms with E-state index in [2.05, 4.69) is 12.6 Å². The van der Waals surface area contributed by atoms with Crippen LogP contribution in [0.3, 0.4) is 0 Å². The molecule has 28 heavy (non-hydrogen) atoms. The molecule has 9 atom stereocenters. The van der Waals surface area contributed by atoms with Crippen molar-refractivity contribution in [2.75, 3.05) is 0 Å². The Morgan fingerprint density at radius 2 is 1.93 bits per heavy atom. The summed E-state index contributed by atoms with van der Waals surface area (Å²) >= 11 is 3.90. The highest BCUT2D eigenvalue weighted by molar-refractivity contribution is 7.96. The number of halogens is 2. The summed E-state index contributed by atoms with van der Waals surface area (Å²) in [6, 6.07) is 0. The van der Waals surface area contributed by atoms with Crippen molar-refractivity contribution >= 4 is 23.5 Å². The van der Waals surface area contributed by atoms with E-state index in [0.29, 0.717) is 6.42 Å². The Hall–Kier alpha value is -1.05. The fraction of sp³-hybridized carbons (Fsp3) is 0.714. The monoisotopic (exact) mass is 412 g/mol. The van der Waals surface area contributed by atoms with Gasteiger partial charge in [-0.25, -0.2) is 8.78 Å². The molecule has 0 aromatic heterocycles. The molecule has 0 aliphatic heterocycles. The van der Waals surface area contributed by atoms with Gasteiger partial charge in [0, 0.05) is 16.7 Å². The van der Waals surface area contributed by atoms with Gasteiger partial charge in [0.2, 0.25) is 5.12 Å². The number of fused-ring (bicyclic) bond motifs is 5. The number of alkyl halides is 2. The summed E-state index contributed by atoms with van der Waals surface area (Å²) in [6.45, 7) is 4.92. The summed E-state index contributed by atoms with van der Waals surface area (Å²) < 4.78 is 32.0. The van der Waals surface area contributed by atoms with Crippen LogP contribution >= 0.6 is 12.6 Å². The normalized spacial score (nSPS) is 55.2. The number of aliphatic hydroxyl groups excluding tert-OH is 1. The summed E-state index contributed by atoms with van der Waals surface area (Å²) in [5, 5.41) is 21.6. The molecule has 0 spiro atoms. The minimum absolute atomic E-state index is 0.0629. The molecular formula is C21H26F2O4S. The zero-order valence-electron chi connectivity index (χ0n) is 16.2. The predicted molar refractivity (Wildman–Crippen MR) is 102 cm³/mol. The highest BCUT2D eigenvalue weighted by Gasteiger charge is 2.76. The molecule has 4 nitrogen and oxygen atoms in total. The molecule has 4 rings (SSSR count). The van der Waals surface area contributed by atoms with Gasteiger partial charge in [0.1, 0.15) is 11.8 Å². The molecule has 0 saturated heterocycles. The van der Waals surface area contributed by atoms with Crippen molar-refractivity contribution in [1.82, 2.24) is 0 Å². The smallest absolute Gasteiger partial charge is 0.218 e. The molecule has 0 aromatic rings. The van der Waals surface area contributed by atoms with E-state index < -0.39 is 63.0 Å². The van der Waals surface area contributed by atoms with Crippen molar-refractivity contribution in [2.24, 2.45) is 28.6 Å². The Balaban J connectivity index is 1.88. The van der Waals surface area contributed by atoms with Gasteiger partial charge in [0.25, 0.3) is 0 Å². The zero-order valence-corrected chi connectivity index (χ0v) is 17.0. The Kier molecular flexibility index (Phi) is 4.16. The van der Waals surface area contributed by atoms with Gasteiger partial charge in [-0.2, -0.15) is 0 Å². The SMILES string of the molecule is C[C@@H]1CC2C3C[C@H](F)C4=CC(=O)C=CC4(C)[C@@]3(F)C(O)CC2(C)[C@@]1(O)C(=O)S. The van der Waals surface area contributed by atoms with E-state index in [-0.39, 0.29) is 18.4 Å². The van der Waals surface area contributed by atoms with Crippen LogP contribution in [-0.4, -0.2) is 44.7 Å². The molecule has 3 fully saturated rings. The average molecular weight is 412 g/mol. The number of allylic oxidation sites excluding steroid dienone is 4. The molecule has 0 bridgehead atoms. The van der Waals surface area contributed by atoms with Gasteiger partial charge in [0.05, 0.1) is 6.10 Å². The molecule has 3 saturated carbocycles. The maximum absolute atomic E-state index is 16.8. The van der Waals surface area contributed by atoms with Crippen LogP contribution in [0.2, 0.25) is 0 Å². The third-order valence-electron chi connectivity index (χ3n) is 8.54. The van der Waals surface area contributed by atoms with Crippen molar-refractivity contribution in [3.05, 3.63) is 23.8 Å². The van der Waals surface area contributed by atoms with Crippen LogP contribution in [0.15, 0.2) is 23.8 Å². The Labute approximate surface area is 168 Å². The van der Waals surface area contributed by atoms with Gasteiger partial charge in [-0.15, -0.1) is 12.6 Å². The average Bonchev–Trinajstić information content (AvgIpc) is 2.81. The Morgan fingerprint density at radius 3 is 2.54 bits per heavy atom. The van der Waals surface area contributed by atoms with Gasteiger partial charge >= 0.3 is 0 Å². The van der Waals surface area contributed by atoms with Crippen LogP contribution < -0.4 is 0 Å². The van der Waals surface area contributed by atoms with E-state index in [9.17, 15) is 19.8 Å². The van der Waals surface area contributed by atoms with E-state index in [4.69, 9.17) is 0 Å². The first-order chi connectivity index (χ1) is 12.8. The second-order valence-corrected chi connectivity index (χ2v) is 9.97. The standard InChI is InChI=1S/C21H26F2O4S/c1-10-6-12-13-8-15(22)14-7-11(24)4-5-18(14,2)20(13,23)16(25)9-19(12,3)21(10,27)17(26)28/h4-5,7,10,12-13,15-16,25,27H,6,8-9H2,1-3H3,(H,26,28)/t10-,12?,13?,15+,16?,18?,19?,20+,21+/m1/s1. The number of rotatable bonds is 1. The van der Waals surface area contributed by atoms with Gasteiger partial charge in [-0.05, 0) is 55.7 Å². The number of hydrogen-bond acceptors (Lipinski definition) is 4. The molecule has 2 N–H and O–H groups in total. The fourth-order valence-corrected chi connectivity index (χ4v) is 7.47. The van der Waals surface area contributed by atoms with Crippen LogP contribution in [0.25, 0.3) is 0 Å². The lowest BCUT2D eigenvalue weighted by molar-refractivity contribution is -0.221. The van der Waals surface area contributed by atoms with Crippen molar-refractivity contribution in [2.45, 2.75) is 63.6 Å². The second kappa shape index (κ2) is 5.76. The molecule has 0 heterocycles. The van der Waals surface area contributed by atoms with Crippen LogP contribution in [0, 0.1) is 28.6 Å². The van der Waals surface area contributed by atoms with Crippen LogP contribution in [0.5, 0.6) is 0 Å². The Bertz CT molecular complexity index is 827. The highest BCUT2D eigenvalue weighted by Crippen LogP contribution is 2.71. The number of hydrogen-bond donors (Lipinski definition) is 3. The maximum atomic E-state index is 16.8. The van der Waals surface area contributed by atoms with Gasteiger partial charge < -0.3 is 10.2 Å². The molecule has 4 aliphatic carbocycles. The topological polar surface area (TPSA) is 74.6 Å². The van der Waals surface area contributed by atoms with E-state index in [1.807, 2.05) is 0 Å². The number of thiol groups is 1. The number of aliphatic hydroxyl groups is 2. The van der Waals surface area contributed by atoms with Crippen LogP contribution in [-0.2, 0) is 9.59 Å². The second-order valence-electron chi connectivity index (χ2n) is 9.57. The van der Waals surface area contributed by atoms with Crippen molar-refractivity contribution in [3.8, 4) is 0 Å². The van der Waals surface area contributed by atoms with E-state index >= 15 is 8.78 Å². The van der Waals surface area contributed by atoms with Gasteiger partial charge in [0.15, 0.2) is 11.5 Å². The Morgan fingerprint density at radius 1 is 1.29 bits per heavy atom. The summed E-state index contributed by atoms with van der Waals surface area (Å²) in [7, 11) is 0. The van der Waals surface area contributed by atoms with Crippen molar-refractivity contribution < 1.29 is 28.6 Å². The molecule has 0 amide bonds. The van der Waals surface area contributed by atoms with Crippen molar-refractivity contribution in [3.63, 3.8) is 0 Å². The zero-order chi connectivity index (χ0) is 20.9. The molecular weight excluding hydrogens is 386 g/mol. The number of carbonyl (C=O) groups is 2. The highest BCUT2D eigenvalue weighted by atomic mass is 32.1. The third-order valence-corrected chi connectivity index (χ3v) is 8.88. The largest absolute Gasteiger partial charge is 0.390 e. The molecule has 154 valence electrons. The lowest BCUT2D eigenvalue weighted by Crippen LogP contribution is -2.70. The lowest BCUT2D eigenvalue weighted by atomic mass is 9.44. The fourth-order valence-electron chi connectivity index (χ4n) is 7.00. The first-order valence-corrected chi connectivity index (χ1v) is 10.2. The minimum atomic E-state index is -2.20. The van der Waals surface area contributed by atoms with E-state index in [0.717, 1.165) is 6.08 Å². The van der Waals surface area contributed by atoms with Gasteiger partial charge in [-0.1, -0.05) is 19.9 Å². The van der Waals surface area contributed by atoms with Crippen molar-refractivity contribution in [1.29, 1.82) is 0 Å². The summed E-state index contributed by atoms with van der Waals surface area (Å²) in [4.78, 5) is 24.1. The molecule has 0 radical (unpaired) electrons. The first kappa shape index (κ1) is 20.2. The van der Waals surface area contributed by atoms with E-state index in [1.54, 1.807) is 13.8 Å². The minimum Gasteiger partial charge on any atom is -0.390 e. The third kappa shape index (κ3) is 2.03. The number of ketones is 1.